The molecule has 0 radical (unpaired) electrons. The van der Waals surface area contributed by atoms with Gasteiger partial charge in [0.25, 0.3) is 0 Å². The smallest absolute Gasteiger partial charge is 0.225 e. The van der Waals surface area contributed by atoms with Crippen molar-refractivity contribution in [3.8, 4) is 0 Å². The van der Waals surface area contributed by atoms with Gasteiger partial charge in [-0.05, 0) is 18.5 Å². The molecule has 2 aromatic rings. The molecule has 1 N–H and O–H groups in total. The van der Waals surface area contributed by atoms with Crippen LogP contribution in [0.25, 0.3) is 0 Å². The topological polar surface area (TPSA) is 44.3 Å². The second-order valence-corrected chi connectivity index (χ2v) is 7.21. The van der Waals surface area contributed by atoms with E-state index in [1.807, 2.05) is 23.7 Å². The first-order valence-electron chi connectivity index (χ1n) is 8.21. The number of nitrogens with zero attached hydrogens (tertiary/aromatic N) is 4. The molecular formula is C17H25N5S. The molecule has 124 valence electrons. The van der Waals surface area contributed by atoms with E-state index < -0.39 is 0 Å². The zero-order chi connectivity index (χ0) is 16.1. The third kappa shape index (κ3) is 4.50. The van der Waals surface area contributed by atoms with Gasteiger partial charge in [0.2, 0.25) is 5.95 Å². The molecule has 1 aliphatic rings. The van der Waals surface area contributed by atoms with Crippen LogP contribution in [0.5, 0.6) is 0 Å². The SMILES string of the molecule is CC(CNCc1cnc(N2CCN(C)CC2)nc1)c1cccs1. The Morgan fingerprint density at radius 2 is 1.96 bits per heavy atom. The van der Waals surface area contributed by atoms with Gasteiger partial charge in [-0.3, -0.25) is 0 Å². The molecule has 2 aromatic heterocycles. The average molecular weight is 331 g/mol. The summed E-state index contributed by atoms with van der Waals surface area (Å²) >= 11 is 1.82. The molecule has 1 atom stereocenters. The van der Waals surface area contributed by atoms with Crippen molar-refractivity contribution >= 4 is 17.3 Å². The van der Waals surface area contributed by atoms with Gasteiger partial charge in [-0.25, -0.2) is 9.97 Å². The summed E-state index contributed by atoms with van der Waals surface area (Å²) < 4.78 is 0. The molecule has 0 aromatic carbocycles. The van der Waals surface area contributed by atoms with Crippen LogP contribution in [0.1, 0.15) is 23.3 Å². The highest BCUT2D eigenvalue weighted by atomic mass is 32.1. The van der Waals surface area contributed by atoms with E-state index >= 15 is 0 Å². The minimum absolute atomic E-state index is 0.542. The van der Waals surface area contributed by atoms with Gasteiger partial charge in [0.15, 0.2) is 0 Å². The largest absolute Gasteiger partial charge is 0.338 e. The molecule has 3 heterocycles. The fraction of sp³-hybridized carbons (Fsp3) is 0.529. The van der Waals surface area contributed by atoms with E-state index in [9.17, 15) is 0 Å². The van der Waals surface area contributed by atoms with Crippen LogP contribution in [-0.4, -0.2) is 54.6 Å². The monoisotopic (exact) mass is 331 g/mol. The predicted octanol–water partition coefficient (Wildman–Crippen LogP) is 2.18. The number of hydrogen-bond acceptors (Lipinski definition) is 6. The van der Waals surface area contributed by atoms with Gasteiger partial charge < -0.3 is 15.1 Å². The van der Waals surface area contributed by atoms with Gasteiger partial charge in [0.05, 0.1) is 0 Å². The molecule has 0 spiro atoms. The minimum Gasteiger partial charge on any atom is -0.338 e. The molecule has 0 aliphatic carbocycles. The van der Waals surface area contributed by atoms with Crippen LogP contribution < -0.4 is 10.2 Å². The van der Waals surface area contributed by atoms with Gasteiger partial charge >= 0.3 is 0 Å². The zero-order valence-electron chi connectivity index (χ0n) is 13.9. The number of rotatable bonds is 6. The van der Waals surface area contributed by atoms with Gasteiger partial charge in [-0.1, -0.05) is 13.0 Å². The van der Waals surface area contributed by atoms with E-state index in [4.69, 9.17) is 0 Å². The highest BCUT2D eigenvalue weighted by molar-refractivity contribution is 7.10. The van der Waals surface area contributed by atoms with Crippen LogP contribution in [-0.2, 0) is 6.54 Å². The predicted molar refractivity (Wildman–Crippen MR) is 96.2 cm³/mol. The van der Waals surface area contributed by atoms with E-state index in [2.05, 4.69) is 56.6 Å². The van der Waals surface area contributed by atoms with E-state index in [1.165, 1.54) is 4.88 Å². The Morgan fingerprint density at radius 1 is 1.22 bits per heavy atom. The fourth-order valence-electron chi connectivity index (χ4n) is 2.71. The summed E-state index contributed by atoms with van der Waals surface area (Å²) in [6.07, 6.45) is 3.90. The second-order valence-electron chi connectivity index (χ2n) is 6.23. The number of likely N-dealkylation sites (N-methyl/N-ethyl adjacent to an activating group) is 1. The van der Waals surface area contributed by atoms with Crippen LogP contribution in [0.15, 0.2) is 29.9 Å². The maximum atomic E-state index is 4.53. The molecule has 6 heteroatoms. The first-order valence-corrected chi connectivity index (χ1v) is 9.09. The summed E-state index contributed by atoms with van der Waals surface area (Å²) in [5, 5.41) is 5.64. The number of piperazine rings is 1. The summed E-state index contributed by atoms with van der Waals surface area (Å²) in [4.78, 5) is 15.1. The minimum atomic E-state index is 0.542. The lowest BCUT2D eigenvalue weighted by Crippen LogP contribution is -2.45. The van der Waals surface area contributed by atoms with Crippen molar-refractivity contribution in [2.24, 2.45) is 0 Å². The zero-order valence-corrected chi connectivity index (χ0v) is 14.7. The van der Waals surface area contributed by atoms with Crippen LogP contribution in [0, 0.1) is 0 Å². The Balaban J connectivity index is 1.46. The normalized spacial score (nSPS) is 17.4. The molecule has 1 unspecified atom stereocenters. The summed E-state index contributed by atoms with van der Waals surface area (Å²) in [5.41, 5.74) is 1.14. The highest BCUT2D eigenvalue weighted by Crippen LogP contribution is 2.19. The second kappa shape index (κ2) is 7.86. The molecule has 0 saturated carbocycles. The molecule has 0 bridgehead atoms. The maximum absolute atomic E-state index is 4.53. The van der Waals surface area contributed by atoms with Crippen LogP contribution >= 0.6 is 11.3 Å². The third-order valence-corrected chi connectivity index (χ3v) is 5.39. The van der Waals surface area contributed by atoms with Gasteiger partial charge in [0, 0.05) is 68.0 Å². The summed E-state index contributed by atoms with van der Waals surface area (Å²) in [6.45, 7) is 8.21. The highest BCUT2D eigenvalue weighted by Gasteiger charge is 2.16. The Hall–Kier alpha value is -1.50. The van der Waals surface area contributed by atoms with Crippen molar-refractivity contribution in [3.05, 3.63) is 40.3 Å². The van der Waals surface area contributed by atoms with Gasteiger partial charge in [0.1, 0.15) is 0 Å². The first-order chi connectivity index (χ1) is 11.2. The summed E-state index contributed by atoms with van der Waals surface area (Å²) in [6, 6.07) is 4.31. The molecule has 5 nitrogen and oxygen atoms in total. The van der Waals surface area contributed by atoms with Crippen molar-refractivity contribution in [2.75, 3.05) is 44.7 Å². The number of aromatic nitrogens is 2. The Labute approximate surface area is 142 Å². The number of thiophene rings is 1. The molecule has 0 amide bonds. The maximum Gasteiger partial charge on any atom is 0.225 e. The fourth-order valence-corrected chi connectivity index (χ4v) is 3.50. The Bertz CT molecular complexity index is 576. The van der Waals surface area contributed by atoms with Crippen molar-refractivity contribution in [1.82, 2.24) is 20.2 Å². The summed E-state index contributed by atoms with van der Waals surface area (Å²) in [5.74, 6) is 1.40. The van der Waals surface area contributed by atoms with Crippen LogP contribution in [0.4, 0.5) is 5.95 Å². The lowest BCUT2D eigenvalue weighted by molar-refractivity contribution is 0.311. The first kappa shape index (κ1) is 16.4. The molecule has 23 heavy (non-hydrogen) atoms. The number of nitrogens with one attached hydrogen (secondary N) is 1. The van der Waals surface area contributed by atoms with Gasteiger partial charge in [-0.2, -0.15) is 0 Å². The van der Waals surface area contributed by atoms with Crippen molar-refractivity contribution < 1.29 is 0 Å². The van der Waals surface area contributed by atoms with E-state index in [0.29, 0.717) is 5.92 Å². The molecular weight excluding hydrogens is 306 g/mol. The van der Waals surface area contributed by atoms with E-state index in [0.717, 1.165) is 50.8 Å². The van der Waals surface area contributed by atoms with Crippen LogP contribution in [0.3, 0.4) is 0 Å². The Kier molecular flexibility index (Phi) is 5.59. The van der Waals surface area contributed by atoms with E-state index in [-0.39, 0.29) is 0 Å². The van der Waals surface area contributed by atoms with Crippen LogP contribution in [0.2, 0.25) is 0 Å². The standard InChI is InChI=1S/C17H25N5S/c1-14(16-4-3-9-23-16)10-18-11-15-12-19-17(20-13-15)22-7-5-21(2)6-8-22/h3-4,9,12-14,18H,5-8,10-11H2,1-2H3. The van der Waals surface area contributed by atoms with Gasteiger partial charge in [-0.15, -0.1) is 11.3 Å². The molecule has 1 saturated heterocycles. The number of anilines is 1. The lowest BCUT2D eigenvalue weighted by Gasteiger charge is -2.32. The van der Waals surface area contributed by atoms with E-state index in [1.54, 1.807) is 0 Å². The quantitative estimate of drug-likeness (QED) is 0.879. The van der Waals surface area contributed by atoms with Crippen molar-refractivity contribution in [3.63, 3.8) is 0 Å². The molecule has 1 aliphatic heterocycles. The third-order valence-electron chi connectivity index (χ3n) is 4.29. The summed E-state index contributed by atoms with van der Waals surface area (Å²) in [7, 11) is 2.16. The molecule has 1 fully saturated rings. The Morgan fingerprint density at radius 3 is 2.61 bits per heavy atom. The average Bonchev–Trinajstić information content (AvgIpc) is 3.11. The van der Waals surface area contributed by atoms with Crippen molar-refractivity contribution in [1.29, 1.82) is 0 Å². The lowest BCUT2D eigenvalue weighted by atomic mass is 10.1. The number of hydrogen-bond donors (Lipinski definition) is 1. The van der Waals surface area contributed by atoms with Crippen molar-refractivity contribution in [2.45, 2.75) is 19.4 Å². The molecule has 3 rings (SSSR count).